The van der Waals surface area contributed by atoms with Crippen molar-refractivity contribution in [2.24, 2.45) is 0 Å². The number of rotatable bonds is 2. The maximum Gasteiger partial charge on any atom is 0.354 e. The number of aromatic carboxylic acids is 1. The standard InChI is InChI=1S/C7H5NO3.ClH/c9-4-5-2-1-3-6(8-5)7(10)11;/h1-4H,(H,10,11);1H. The molecule has 0 amide bonds. The lowest BCUT2D eigenvalue weighted by molar-refractivity contribution is 0.0690. The highest BCUT2D eigenvalue weighted by molar-refractivity contribution is 5.86. The van der Waals surface area contributed by atoms with Crippen molar-refractivity contribution in [3.05, 3.63) is 29.6 Å². The van der Waals surface area contributed by atoms with Crippen molar-refractivity contribution in [3.8, 4) is 0 Å². The molecule has 1 aromatic heterocycles. The Morgan fingerprint density at radius 3 is 2.67 bits per heavy atom. The van der Waals surface area contributed by atoms with Crippen molar-refractivity contribution in [3.63, 3.8) is 0 Å². The van der Waals surface area contributed by atoms with Crippen LogP contribution in [-0.4, -0.2) is 22.3 Å². The second-order valence-corrected chi connectivity index (χ2v) is 1.87. The number of halogens is 1. The number of pyridine rings is 1. The zero-order valence-electron chi connectivity index (χ0n) is 5.93. The summed E-state index contributed by atoms with van der Waals surface area (Å²) in [5, 5.41) is 8.43. The topological polar surface area (TPSA) is 67.3 Å². The molecule has 5 heteroatoms. The zero-order chi connectivity index (χ0) is 8.27. The van der Waals surface area contributed by atoms with Crippen LogP contribution in [0.4, 0.5) is 0 Å². The molecule has 1 aromatic rings. The molecule has 0 aromatic carbocycles. The quantitative estimate of drug-likeness (QED) is 0.702. The van der Waals surface area contributed by atoms with Crippen LogP contribution in [0.5, 0.6) is 0 Å². The third-order valence-electron chi connectivity index (χ3n) is 1.11. The summed E-state index contributed by atoms with van der Waals surface area (Å²) in [6.45, 7) is 0. The van der Waals surface area contributed by atoms with E-state index in [-0.39, 0.29) is 23.8 Å². The highest BCUT2D eigenvalue weighted by Crippen LogP contribution is 1.96. The lowest BCUT2D eigenvalue weighted by Crippen LogP contribution is -2.01. The van der Waals surface area contributed by atoms with Gasteiger partial charge in [-0.1, -0.05) is 6.07 Å². The Labute approximate surface area is 74.7 Å². The van der Waals surface area contributed by atoms with Gasteiger partial charge in [0.2, 0.25) is 0 Å². The van der Waals surface area contributed by atoms with Gasteiger partial charge >= 0.3 is 5.97 Å². The number of carboxylic acid groups (broad SMARTS) is 1. The molecule has 0 radical (unpaired) electrons. The zero-order valence-corrected chi connectivity index (χ0v) is 6.75. The van der Waals surface area contributed by atoms with Crippen molar-refractivity contribution in [2.75, 3.05) is 0 Å². The van der Waals surface area contributed by atoms with Crippen molar-refractivity contribution < 1.29 is 14.7 Å². The monoisotopic (exact) mass is 187 g/mol. The van der Waals surface area contributed by atoms with Crippen LogP contribution in [0.2, 0.25) is 0 Å². The number of aromatic nitrogens is 1. The largest absolute Gasteiger partial charge is 0.477 e. The molecular weight excluding hydrogens is 182 g/mol. The third kappa shape index (κ3) is 2.32. The van der Waals surface area contributed by atoms with Crippen LogP contribution in [0.15, 0.2) is 18.2 Å². The molecule has 1 N–H and O–H groups in total. The third-order valence-corrected chi connectivity index (χ3v) is 1.11. The Hall–Kier alpha value is -1.42. The second kappa shape index (κ2) is 4.46. The van der Waals surface area contributed by atoms with Gasteiger partial charge in [-0.2, -0.15) is 0 Å². The van der Waals surface area contributed by atoms with E-state index in [1.807, 2.05) is 0 Å². The first-order valence-electron chi connectivity index (χ1n) is 2.89. The molecule has 0 bridgehead atoms. The fourth-order valence-electron chi connectivity index (χ4n) is 0.636. The lowest BCUT2D eigenvalue weighted by Gasteiger charge is -1.92. The molecule has 0 aliphatic heterocycles. The molecule has 0 unspecified atom stereocenters. The van der Waals surface area contributed by atoms with Gasteiger partial charge in [0.25, 0.3) is 0 Å². The number of aldehydes is 1. The molecule has 0 saturated heterocycles. The number of carboxylic acids is 1. The molecule has 1 rings (SSSR count). The van der Waals surface area contributed by atoms with Gasteiger partial charge in [0, 0.05) is 0 Å². The normalized spacial score (nSPS) is 8.33. The van der Waals surface area contributed by atoms with Crippen molar-refractivity contribution in [2.45, 2.75) is 0 Å². The number of hydrogen-bond acceptors (Lipinski definition) is 3. The summed E-state index contributed by atoms with van der Waals surface area (Å²) < 4.78 is 0. The van der Waals surface area contributed by atoms with Gasteiger partial charge in [-0.25, -0.2) is 9.78 Å². The van der Waals surface area contributed by atoms with Gasteiger partial charge in [0.15, 0.2) is 6.29 Å². The Morgan fingerprint density at radius 1 is 1.50 bits per heavy atom. The molecule has 64 valence electrons. The average Bonchev–Trinajstić information content (AvgIpc) is 2.05. The molecule has 0 aliphatic carbocycles. The van der Waals surface area contributed by atoms with Crippen LogP contribution in [0.25, 0.3) is 0 Å². The van der Waals surface area contributed by atoms with Crippen LogP contribution >= 0.6 is 12.4 Å². The molecule has 12 heavy (non-hydrogen) atoms. The fraction of sp³-hybridized carbons (Fsp3) is 0. The predicted molar refractivity (Wildman–Crippen MR) is 43.8 cm³/mol. The van der Waals surface area contributed by atoms with Gasteiger partial charge in [0.05, 0.1) is 0 Å². The minimum Gasteiger partial charge on any atom is -0.477 e. The summed E-state index contributed by atoms with van der Waals surface area (Å²) in [6.07, 6.45) is 0.506. The average molecular weight is 188 g/mol. The first kappa shape index (κ1) is 10.6. The fourth-order valence-corrected chi connectivity index (χ4v) is 0.636. The molecule has 0 fully saturated rings. The molecule has 0 saturated carbocycles. The van der Waals surface area contributed by atoms with E-state index in [1.54, 1.807) is 0 Å². The second-order valence-electron chi connectivity index (χ2n) is 1.87. The minimum absolute atomic E-state index is 0. The number of carbonyl (C=O) groups excluding carboxylic acids is 1. The summed E-state index contributed by atoms with van der Waals surface area (Å²) in [5.41, 5.74) is 0.0134. The van der Waals surface area contributed by atoms with Crippen LogP contribution in [0, 0.1) is 0 Å². The maximum absolute atomic E-state index is 10.3. The molecule has 0 aliphatic rings. The van der Waals surface area contributed by atoms with E-state index in [9.17, 15) is 9.59 Å². The predicted octanol–water partition coefficient (Wildman–Crippen LogP) is 1.01. The van der Waals surface area contributed by atoms with Crippen molar-refractivity contribution in [1.82, 2.24) is 4.98 Å². The van der Waals surface area contributed by atoms with E-state index >= 15 is 0 Å². The lowest BCUT2D eigenvalue weighted by atomic mass is 10.3. The van der Waals surface area contributed by atoms with Gasteiger partial charge in [-0.3, -0.25) is 4.79 Å². The summed E-state index contributed by atoms with van der Waals surface area (Å²) >= 11 is 0. The van der Waals surface area contributed by atoms with Crippen molar-refractivity contribution >= 4 is 24.7 Å². The Balaban J connectivity index is 0.00000121. The van der Waals surface area contributed by atoms with Crippen LogP contribution < -0.4 is 0 Å². The van der Waals surface area contributed by atoms with E-state index in [4.69, 9.17) is 5.11 Å². The van der Waals surface area contributed by atoms with E-state index in [0.29, 0.717) is 6.29 Å². The minimum atomic E-state index is -1.13. The first-order valence-corrected chi connectivity index (χ1v) is 2.89. The molecule has 4 nitrogen and oxygen atoms in total. The molecule has 0 spiro atoms. The van der Waals surface area contributed by atoms with Crippen LogP contribution in [-0.2, 0) is 0 Å². The smallest absolute Gasteiger partial charge is 0.354 e. The van der Waals surface area contributed by atoms with Gasteiger partial charge in [-0.15, -0.1) is 12.4 Å². The van der Waals surface area contributed by atoms with E-state index in [2.05, 4.69) is 4.98 Å². The maximum atomic E-state index is 10.3. The molecule has 0 atom stereocenters. The number of hydrogen-bond donors (Lipinski definition) is 1. The summed E-state index contributed by atoms with van der Waals surface area (Å²) in [7, 11) is 0. The Kier molecular flexibility index (Phi) is 3.93. The van der Waals surface area contributed by atoms with Gasteiger partial charge < -0.3 is 5.11 Å². The van der Waals surface area contributed by atoms with Gasteiger partial charge in [0.1, 0.15) is 11.4 Å². The highest BCUT2D eigenvalue weighted by Gasteiger charge is 2.03. The Bertz CT molecular complexity index is 300. The summed E-state index contributed by atoms with van der Waals surface area (Å²) in [6, 6.07) is 4.24. The van der Waals surface area contributed by atoms with Crippen molar-refractivity contribution in [1.29, 1.82) is 0 Å². The van der Waals surface area contributed by atoms with E-state index < -0.39 is 5.97 Å². The summed E-state index contributed by atoms with van der Waals surface area (Å²) in [5.74, 6) is -1.13. The SMILES string of the molecule is Cl.O=Cc1cccc(C(=O)O)n1. The number of carbonyl (C=O) groups is 2. The van der Waals surface area contributed by atoms with E-state index in [1.165, 1.54) is 18.2 Å². The van der Waals surface area contributed by atoms with E-state index in [0.717, 1.165) is 0 Å². The molecular formula is C7H6ClNO3. The first-order chi connectivity index (χ1) is 5.24. The Morgan fingerprint density at radius 2 is 2.17 bits per heavy atom. The van der Waals surface area contributed by atoms with Gasteiger partial charge in [-0.05, 0) is 12.1 Å². The molecule has 1 heterocycles. The van der Waals surface area contributed by atoms with Crippen LogP contribution in [0.3, 0.4) is 0 Å². The number of nitrogens with zero attached hydrogens (tertiary/aromatic N) is 1. The van der Waals surface area contributed by atoms with Crippen LogP contribution in [0.1, 0.15) is 21.0 Å². The summed E-state index contributed by atoms with van der Waals surface area (Å²) in [4.78, 5) is 23.9. The highest BCUT2D eigenvalue weighted by atomic mass is 35.5.